The van der Waals surface area contributed by atoms with E-state index in [1.54, 1.807) is 0 Å². The smallest absolute Gasteiger partial charge is 0.416 e. The Bertz CT molecular complexity index is 597. The summed E-state index contributed by atoms with van der Waals surface area (Å²) in [6, 6.07) is 3.59. The fourth-order valence-corrected chi connectivity index (χ4v) is 2.48. The van der Waals surface area contributed by atoms with E-state index in [1.807, 2.05) is 0 Å². The molecular formula is C16H18F3NO4. The van der Waals surface area contributed by atoms with E-state index in [1.165, 1.54) is 12.1 Å². The lowest BCUT2D eigenvalue weighted by Crippen LogP contribution is -2.45. The van der Waals surface area contributed by atoms with E-state index in [9.17, 15) is 22.8 Å². The molecule has 8 heteroatoms. The Morgan fingerprint density at radius 1 is 1.42 bits per heavy atom. The average molecular weight is 345 g/mol. The van der Waals surface area contributed by atoms with Crippen molar-refractivity contribution in [2.45, 2.75) is 25.1 Å². The highest BCUT2D eigenvalue weighted by Crippen LogP contribution is 2.29. The number of carbonyl (C=O) groups is 2. The topological polar surface area (TPSA) is 64.6 Å². The van der Waals surface area contributed by atoms with Gasteiger partial charge in [0.05, 0.1) is 25.2 Å². The van der Waals surface area contributed by atoms with Crippen molar-refractivity contribution in [1.29, 1.82) is 0 Å². The average Bonchev–Trinajstić information content (AvgIpc) is 3.07. The number of ether oxygens (including phenoxy) is 2. The maximum Gasteiger partial charge on any atom is 0.416 e. The van der Waals surface area contributed by atoms with E-state index in [-0.39, 0.29) is 30.4 Å². The maximum absolute atomic E-state index is 12.8. The summed E-state index contributed by atoms with van der Waals surface area (Å²) in [5, 5.41) is 2.54. The summed E-state index contributed by atoms with van der Waals surface area (Å²) < 4.78 is 48.1. The van der Waals surface area contributed by atoms with Gasteiger partial charge in [-0.3, -0.25) is 4.79 Å². The number of benzene rings is 1. The summed E-state index contributed by atoms with van der Waals surface area (Å²) >= 11 is 0. The molecule has 0 unspecified atom stereocenters. The monoisotopic (exact) mass is 345 g/mol. The maximum atomic E-state index is 12.8. The molecule has 132 valence electrons. The van der Waals surface area contributed by atoms with Gasteiger partial charge in [0.15, 0.2) is 0 Å². The summed E-state index contributed by atoms with van der Waals surface area (Å²) in [6.45, 7) is 0.734. The highest BCUT2D eigenvalue weighted by molar-refractivity contribution is 5.86. The fraction of sp³-hybridized carbons (Fsp3) is 0.500. The molecule has 5 nitrogen and oxygen atoms in total. The Kier molecular flexibility index (Phi) is 5.82. The number of hydrogen-bond acceptors (Lipinski definition) is 4. The standard InChI is InChI=1S/C16H18F3NO4/c1-23-15(22)13(20-14(21)11-5-6-24-9-11)8-10-3-2-4-12(7-10)16(17,18)19/h2-4,7,11,13H,5-6,8-9H2,1H3,(H,20,21)/t11-,13-/m0/s1. The summed E-state index contributed by atoms with van der Waals surface area (Å²) in [7, 11) is 1.16. The van der Waals surface area contributed by atoms with E-state index >= 15 is 0 Å². The van der Waals surface area contributed by atoms with Gasteiger partial charge in [-0.05, 0) is 18.1 Å². The van der Waals surface area contributed by atoms with E-state index in [4.69, 9.17) is 4.74 Å². The van der Waals surface area contributed by atoms with Crippen LogP contribution in [0.25, 0.3) is 0 Å². The van der Waals surface area contributed by atoms with Crippen molar-refractivity contribution in [3.05, 3.63) is 35.4 Å². The van der Waals surface area contributed by atoms with Gasteiger partial charge in [0.2, 0.25) is 5.91 Å². The molecule has 2 rings (SSSR count). The molecule has 2 atom stereocenters. The first kappa shape index (κ1) is 18.3. The summed E-state index contributed by atoms with van der Waals surface area (Å²) in [6.07, 6.45) is -4.01. The van der Waals surface area contributed by atoms with Crippen LogP contribution in [0, 0.1) is 5.92 Å². The predicted octanol–water partition coefficient (Wildman–Crippen LogP) is 1.94. The molecule has 1 fully saturated rings. The normalized spacial score (nSPS) is 18.9. The Balaban J connectivity index is 2.11. The van der Waals surface area contributed by atoms with Crippen LogP contribution in [0.15, 0.2) is 24.3 Å². The van der Waals surface area contributed by atoms with Gasteiger partial charge < -0.3 is 14.8 Å². The van der Waals surface area contributed by atoms with E-state index in [0.29, 0.717) is 13.0 Å². The molecule has 1 aliphatic heterocycles. The highest BCUT2D eigenvalue weighted by atomic mass is 19.4. The second kappa shape index (κ2) is 7.65. The quantitative estimate of drug-likeness (QED) is 0.829. The molecule has 0 aromatic heterocycles. The minimum atomic E-state index is -4.47. The van der Waals surface area contributed by atoms with Crippen LogP contribution in [0.1, 0.15) is 17.5 Å². The fourth-order valence-electron chi connectivity index (χ4n) is 2.48. The number of esters is 1. The first-order valence-electron chi connectivity index (χ1n) is 7.43. The molecule has 1 aliphatic rings. The Hall–Kier alpha value is -2.09. The van der Waals surface area contributed by atoms with Crippen molar-refractivity contribution in [3.8, 4) is 0 Å². The van der Waals surface area contributed by atoms with Crippen molar-refractivity contribution in [2.75, 3.05) is 20.3 Å². The van der Waals surface area contributed by atoms with Crippen LogP contribution in [0.5, 0.6) is 0 Å². The number of halogens is 3. The molecule has 1 aromatic carbocycles. The lowest BCUT2D eigenvalue weighted by Gasteiger charge is -2.19. The molecule has 0 radical (unpaired) electrons. The zero-order valence-corrected chi connectivity index (χ0v) is 13.1. The Morgan fingerprint density at radius 2 is 2.17 bits per heavy atom. The molecular weight excluding hydrogens is 327 g/mol. The van der Waals surface area contributed by atoms with Crippen molar-refractivity contribution in [1.82, 2.24) is 5.32 Å². The molecule has 1 amide bonds. The number of nitrogens with one attached hydrogen (secondary N) is 1. The van der Waals surface area contributed by atoms with Gasteiger partial charge in [0, 0.05) is 13.0 Å². The Morgan fingerprint density at radius 3 is 2.75 bits per heavy atom. The van der Waals surface area contributed by atoms with Crippen molar-refractivity contribution in [2.24, 2.45) is 5.92 Å². The second-order valence-electron chi connectivity index (χ2n) is 5.55. The minimum Gasteiger partial charge on any atom is -0.467 e. The first-order valence-corrected chi connectivity index (χ1v) is 7.43. The van der Waals surface area contributed by atoms with Crippen LogP contribution in [0.2, 0.25) is 0 Å². The number of methoxy groups -OCH3 is 1. The van der Waals surface area contributed by atoms with Crippen LogP contribution in [-0.4, -0.2) is 38.2 Å². The number of hydrogen-bond donors (Lipinski definition) is 1. The van der Waals surface area contributed by atoms with Gasteiger partial charge in [-0.1, -0.05) is 18.2 Å². The van der Waals surface area contributed by atoms with Crippen LogP contribution >= 0.6 is 0 Å². The SMILES string of the molecule is COC(=O)[C@H](Cc1cccc(C(F)(F)F)c1)NC(=O)[C@H]1CCOC1. The van der Waals surface area contributed by atoms with Crippen molar-refractivity contribution in [3.63, 3.8) is 0 Å². The molecule has 1 aromatic rings. The number of alkyl halides is 3. The number of amides is 1. The lowest BCUT2D eigenvalue weighted by atomic mass is 10.0. The van der Waals surface area contributed by atoms with E-state index in [2.05, 4.69) is 10.1 Å². The van der Waals surface area contributed by atoms with E-state index < -0.39 is 23.8 Å². The third kappa shape index (κ3) is 4.70. The van der Waals surface area contributed by atoms with Gasteiger partial charge in [0.1, 0.15) is 6.04 Å². The largest absolute Gasteiger partial charge is 0.467 e. The third-order valence-electron chi connectivity index (χ3n) is 3.80. The van der Waals surface area contributed by atoms with Crippen molar-refractivity contribution >= 4 is 11.9 Å². The second-order valence-corrected chi connectivity index (χ2v) is 5.55. The van der Waals surface area contributed by atoms with Gasteiger partial charge in [0.25, 0.3) is 0 Å². The Labute approximate surface area is 137 Å². The third-order valence-corrected chi connectivity index (χ3v) is 3.80. The molecule has 0 saturated carbocycles. The number of carbonyl (C=O) groups excluding carboxylic acids is 2. The van der Waals surface area contributed by atoms with Crippen LogP contribution in [0.4, 0.5) is 13.2 Å². The lowest BCUT2D eigenvalue weighted by molar-refractivity contribution is -0.145. The molecule has 0 bridgehead atoms. The van der Waals surface area contributed by atoms with Gasteiger partial charge >= 0.3 is 12.1 Å². The van der Waals surface area contributed by atoms with Crippen LogP contribution in [0.3, 0.4) is 0 Å². The molecule has 1 saturated heterocycles. The minimum absolute atomic E-state index is 0.0874. The highest BCUT2D eigenvalue weighted by Gasteiger charge is 2.32. The summed E-state index contributed by atoms with van der Waals surface area (Å²) in [5.74, 6) is -1.44. The molecule has 0 aliphatic carbocycles. The van der Waals surface area contributed by atoms with Crippen LogP contribution in [-0.2, 0) is 31.7 Å². The predicted molar refractivity (Wildman–Crippen MR) is 78.0 cm³/mol. The van der Waals surface area contributed by atoms with E-state index in [0.717, 1.165) is 19.2 Å². The van der Waals surface area contributed by atoms with Gasteiger partial charge in [-0.2, -0.15) is 13.2 Å². The summed E-state index contributed by atoms with van der Waals surface area (Å²) in [4.78, 5) is 24.0. The zero-order valence-electron chi connectivity index (χ0n) is 13.1. The first-order chi connectivity index (χ1) is 11.3. The molecule has 1 heterocycles. The van der Waals surface area contributed by atoms with Gasteiger partial charge in [-0.15, -0.1) is 0 Å². The van der Waals surface area contributed by atoms with Crippen LogP contribution < -0.4 is 5.32 Å². The zero-order chi connectivity index (χ0) is 17.7. The molecule has 0 spiro atoms. The van der Waals surface area contributed by atoms with Crippen molar-refractivity contribution < 1.29 is 32.2 Å². The number of rotatable bonds is 5. The molecule has 1 N–H and O–H groups in total. The molecule has 24 heavy (non-hydrogen) atoms. The van der Waals surface area contributed by atoms with Gasteiger partial charge in [-0.25, -0.2) is 4.79 Å². The summed E-state index contributed by atoms with van der Waals surface area (Å²) in [5.41, 5.74) is -0.526.